The number of benzene rings is 1. The van der Waals surface area contributed by atoms with Crippen LogP contribution in [0.4, 0.5) is 14.5 Å². The minimum Gasteiger partial charge on any atom is -0.355 e. The van der Waals surface area contributed by atoms with Gasteiger partial charge in [-0.05, 0) is 31.5 Å². The van der Waals surface area contributed by atoms with Gasteiger partial charge in [-0.3, -0.25) is 14.5 Å². The lowest BCUT2D eigenvalue weighted by Crippen LogP contribution is -2.46. The van der Waals surface area contributed by atoms with Gasteiger partial charge in [-0.1, -0.05) is 0 Å². The van der Waals surface area contributed by atoms with E-state index in [1.807, 2.05) is 4.90 Å². The van der Waals surface area contributed by atoms with Gasteiger partial charge in [0.2, 0.25) is 11.8 Å². The van der Waals surface area contributed by atoms with Crippen molar-refractivity contribution < 1.29 is 18.4 Å². The molecule has 140 valence electrons. The Balaban J connectivity index is 0.00000312. The molecule has 1 aliphatic rings. The second kappa shape index (κ2) is 10.3. The Morgan fingerprint density at radius 3 is 2.76 bits per heavy atom. The molecule has 4 N–H and O–H groups in total. The highest BCUT2D eigenvalue weighted by Crippen LogP contribution is 2.18. The van der Waals surface area contributed by atoms with Gasteiger partial charge in [-0.2, -0.15) is 0 Å². The largest absolute Gasteiger partial charge is 0.355 e. The molecule has 0 bridgehead atoms. The quantitative estimate of drug-likeness (QED) is 0.694. The summed E-state index contributed by atoms with van der Waals surface area (Å²) in [5.74, 6) is -2.16. The highest BCUT2D eigenvalue weighted by atomic mass is 35.5. The molecule has 0 radical (unpaired) electrons. The monoisotopic (exact) mass is 376 g/mol. The van der Waals surface area contributed by atoms with E-state index in [9.17, 15) is 18.4 Å². The maximum atomic E-state index is 13.5. The van der Waals surface area contributed by atoms with Gasteiger partial charge in [0.1, 0.15) is 11.6 Å². The lowest BCUT2D eigenvalue weighted by atomic mass is 9.97. The normalized spacial score (nSPS) is 17.5. The molecule has 2 amide bonds. The van der Waals surface area contributed by atoms with E-state index in [0.29, 0.717) is 32.2 Å². The van der Waals surface area contributed by atoms with Crippen LogP contribution in [-0.2, 0) is 9.59 Å². The fourth-order valence-electron chi connectivity index (χ4n) is 2.74. The number of amides is 2. The van der Waals surface area contributed by atoms with Crippen molar-refractivity contribution in [1.29, 1.82) is 0 Å². The van der Waals surface area contributed by atoms with Crippen LogP contribution in [0.25, 0.3) is 0 Å². The maximum absolute atomic E-state index is 13.5. The van der Waals surface area contributed by atoms with Crippen molar-refractivity contribution in [3.8, 4) is 0 Å². The van der Waals surface area contributed by atoms with Crippen LogP contribution in [0.2, 0.25) is 0 Å². The van der Waals surface area contributed by atoms with Gasteiger partial charge >= 0.3 is 0 Å². The van der Waals surface area contributed by atoms with Crippen LogP contribution < -0.4 is 16.4 Å². The number of halogens is 3. The molecular weight excluding hydrogens is 354 g/mol. The molecule has 1 aliphatic heterocycles. The van der Waals surface area contributed by atoms with Crippen LogP contribution in [-0.4, -0.2) is 49.4 Å². The van der Waals surface area contributed by atoms with E-state index in [1.54, 1.807) is 0 Å². The Morgan fingerprint density at radius 2 is 2.08 bits per heavy atom. The Hall–Kier alpha value is -1.77. The number of likely N-dealkylation sites (tertiary alicyclic amines) is 1. The molecule has 1 aromatic carbocycles. The van der Waals surface area contributed by atoms with Gasteiger partial charge < -0.3 is 16.4 Å². The third-order valence-electron chi connectivity index (χ3n) is 3.89. The fourth-order valence-corrected chi connectivity index (χ4v) is 2.74. The lowest BCUT2D eigenvalue weighted by Gasteiger charge is -2.31. The van der Waals surface area contributed by atoms with E-state index in [2.05, 4.69) is 10.6 Å². The van der Waals surface area contributed by atoms with Crippen LogP contribution in [0.3, 0.4) is 0 Å². The van der Waals surface area contributed by atoms with E-state index in [0.717, 1.165) is 18.9 Å². The van der Waals surface area contributed by atoms with Crippen LogP contribution in [0.1, 0.15) is 12.8 Å². The van der Waals surface area contributed by atoms with Crippen LogP contribution in [0.15, 0.2) is 18.2 Å². The third kappa shape index (κ3) is 6.56. The first-order chi connectivity index (χ1) is 11.5. The molecule has 1 heterocycles. The zero-order valence-electron chi connectivity index (χ0n) is 13.8. The minimum atomic E-state index is -0.818. The van der Waals surface area contributed by atoms with Gasteiger partial charge in [0.25, 0.3) is 0 Å². The van der Waals surface area contributed by atoms with E-state index < -0.39 is 17.5 Å². The Morgan fingerprint density at radius 1 is 1.32 bits per heavy atom. The van der Waals surface area contributed by atoms with Gasteiger partial charge in [0, 0.05) is 25.7 Å². The predicted molar refractivity (Wildman–Crippen MR) is 93.5 cm³/mol. The van der Waals surface area contributed by atoms with E-state index >= 15 is 0 Å². The van der Waals surface area contributed by atoms with Gasteiger partial charge in [-0.15, -0.1) is 12.4 Å². The Labute approximate surface area is 151 Å². The average Bonchev–Trinajstić information content (AvgIpc) is 2.55. The molecule has 2 rings (SSSR count). The van der Waals surface area contributed by atoms with Crippen LogP contribution in [0.5, 0.6) is 0 Å². The van der Waals surface area contributed by atoms with Gasteiger partial charge in [0.15, 0.2) is 0 Å². The first-order valence-corrected chi connectivity index (χ1v) is 7.94. The number of anilines is 1. The molecule has 1 aromatic rings. The summed E-state index contributed by atoms with van der Waals surface area (Å²) < 4.78 is 26.4. The van der Waals surface area contributed by atoms with E-state index in [-0.39, 0.29) is 36.5 Å². The molecule has 1 fully saturated rings. The summed E-state index contributed by atoms with van der Waals surface area (Å²) in [6.45, 7) is 2.03. The SMILES string of the molecule is Cl.NCCNC(=O)C1CCCN(CC(=O)Nc2ccc(F)cc2F)C1. The van der Waals surface area contributed by atoms with Gasteiger partial charge in [-0.25, -0.2) is 8.78 Å². The molecule has 1 unspecified atom stereocenters. The first-order valence-electron chi connectivity index (χ1n) is 7.94. The number of nitrogens with two attached hydrogens (primary N) is 1. The number of carbonyl (C=O) groups excluding carboxylic acids is 2. The summed E-state index contributed by atoms with van der Waals surface area (Å²) in [6.07, 6.45) is 1.57. The summed E-state index contributed by atoms with van der Waals surface area (Å²) >= 11 is 0. The number of hydrogen-bond donors (Lipinski definition) is 3. The van der Waals surface area contributed by atoms with Crippen molar-refractivity contribution >= 4 is 29.9 Å². The summed E-state index contributed by atoms with van der Waals surface area (Å²) in [5, 5.41) is 5.18. The van der Waals surface area contributed by atoms with Gasteiger partial charge in [0.05, 0.1) is 18.2 Å². The smallest absolute Gasteiger partial charge is 0.238 e. The summed E-state index contributed by atoms with van der Waals surface area (Å²) in [7, 11) is 0. The van der Waals surface area contributed by atoms with Crippen LogP contribution in [0, 0.1) is 17.6 Å². The molecule has 0 aromatic heterocycles. The minimum absolute atomic E-state index is 0. The second-order valence-corrected chi connectivity index (χ2v) is 5.83. The summed E-state index contributed by atoms with van der Waals surface area (Å²) in [4.78, 5) is 25.9. The van der Waals surface area contributed by atoms with Crippen molar-refractivity contribution in [3.05, 3.63) is 29.8 Å². The number of carbonyl (C=O) groups is 2. The molecule has 0 spiro atoms. The zero-order chi connectivity index (χ0) is 17.5. The first kappa shape index (κ1) is 21.3. The zero-order valence-corrected chi connectivity index (χ0v) is 14.6. The Bertz CT molecular complexity index is 603. The van der Waals surface area contributed by atoms with Crippen molar-refractivity contribution in [2.45, 2.75) is 12.8 Å². The van der Waals surface area contributed by atoms with Crippen LogP contribution >= 0.6 is 12.4 Å². The fraction of sp³-hybridized carbons (Fsp3) is 0.500. The van der Waals surface area contributed by atoms with Crippen molar-refractivity contribution in [3.63, 3.8) is 0 Å². The number of nitrogens with zero attached hydrogens (tertiary/aromatic N) is 1. The summed E-state index contributed by atoms with van der Waals surface area (Å²) in [5.41, 5.74) is 5.30. The van der Waals surface area contributed by atoms with Crippen molar-refractivity contribution in [2.75, 3.05) is 38.0 Å². The van der Waals surface area contributed by atoms with Crippen molar-refractivity contribution in [2.24, 2.45) is 11.7 Å². The number of hydrogen-bond acceptors (Lipinski definition) is 4. The number of rotatable bonds is 6. The van der Waals surface area contributed by atoms with E-state index in [1.165, 1.54) is 6.07 Å². The highest BCUT2D eigenvalue weighted by Gasteiger charge is 2.26. The molecule has 0 saturated carbocycles. The molecule has 1 atom stereocenters. The molecule has 25 heavy (non-hydrogen) atoms. The molecular formula is C16H23ClF2N4O2. The molecule has 6 nitrogen and oxygen atoms in total. The Kier molecular flexibility index (Phi) is 8.74. The maximum Gasteiger partial charge on any atom is 0.238 e. The summed E-state index contributed by atoms with van der Waals surface area (Å²) in [6, 6.07) is 2.98. The molecule has 0 aliphatic carbocycles. The highest BCUT2D eigenvalue weighted by molar-refractivity contribution is 5.92. The van der Waals surface area contributed by atoms with E-state index in [4.69, 9.17) is 5.73 Å². The topological polar surface area (TPSA) is 87.5 Å². The molecule has 9 heteroatoms. The standard InChI is InChI=1S/C16H22F2N4O2.ClH/c17-12-3-4-14(13(18)8-12)21-15(23)10-22-7-1-2-11(9-22)16(24)20-6-5-19;/h3-4,8,11H,1-2,5-7,9-10,19H2,(H,20,24)(H,21,23);1H. The average molecular weight is 377 g/mol. The lowest BCUT2D eigenvalue weighted by molar-refractivity contribution is -0.127. The molecule has 1 saturated heterocycles. The third-order valence-corrected chi connectivity index (χ3v) is 3.89. The number of nitrogens with one attached hydrogen (secondary N) is 2. The van der Waals surface area contributed by atoms with Crippen molar-refractivity contribution in [1.82, 2.24) is 10.2 Å². The second-order valence-electron chi connectivity index (χ2n) is 5.83. The predicted octanol–water partition coefficient (Wildman–Crippen LogP) is 1.11. The number of piperidine rings is 1.